The fraction of sp³-hybridized carbons (Fsp3) is 0.476. The van der Waals surface area contributed by atoms with Gasteiger partial charge in [0.15, 0.2) is 23.1 Å². The molecule has 174 valence electrons. The van der Waals surface area contributed by atoms with Crippen molar-refractivity contribution in [1.29, 1.82) is 0 Å². The molecule has 3 N–H and O–H groups in total. The van der Waals surface area contributed by atoms with E-state index in [1.165, 1.54) is 0 Å². The number of pyridine rings is 1. The SMILES string of the molecule is O=C(N[C@@H]1CCCC(Nc2nc(-c3n[nH]c4ncccc34)ncc2F)C1)N1CCC(F)(F)C1. The second-order valence-corrected chi connectivity index (χ2v) is 8.54. The summed E-state index contributed by atoms with van der Waals surface area (Å²) in [6.07, 6.45) is 5.25. The van der Waals surface area contributed by atoms with Crippen molar-refractivity contribution < 1.29 is 18.0 Å². The molecule has 5 rings (SSSR count). The maximum atomic E-state index is 14.5. The highest BCUT2D eigenvalue weighted by atomic mass is 19.3. The zero-order chi connectivity index (χ0) is 23.0. The lowest BCUT2D eigenvalue weighted by atomic mass is 9.91. The summed E-state index contributed by atoms with van der Waals surface area (Å²) in [5.74, 6) is -3.11. The van der Waals surface area contributed by atoms with Crippen molar-refractivity contribution in [3.05, 3.63) is 30.3 Å². The topological polar surface area (TPSA) is 112 Å². The van der Waals surface area contributed by atoms with E-state index >= 15 is 0 Å². The minimum absolute atomic E-state index is 0.0412. The van der Waals surface area contributed by atoms with E-state index in [4.69, 9.17) is 0 Å². The summed E-state index contributed by atoms with van der Waals surface area (Å²) in [6, 6.07) is 2.78. The number of halogens is 3. The molecule has 1 saturated carbocycles. The number of rotatable bonds is 4. The smallest absolute Gasteiger partial charge is 0.317 e. The lowest BCUT2D eigenvalue weighted by molar-refractivity contribution is 0.0152. The molecule has 9 nitrogen and oxygen atoms in total. The summed E-state index contributed by atoms with van der Waals surface area (Å²) in [5, 5.41) is 13.7. The van der Waals surface area contributed by atoms with Crippen LogP contribution >= 0.6 is 0 Å². The minimum Gasteiger partial charge on any atom is -0.365 e. The van der Waals surface area contributed by atoms with Gasteiger partial charge in [-0.15, -0.1) is 0 Å². The molecule has 0 bridgehead atoms. The first-order chi connectivity index (χ1) is 15.9. The number of likely N-dealkylation sites (tertiary alicyclic amines) is 1. The van der Waals surface area contributed by atoms with Crippen molar-refractivity contribution in [3.63, 3.8) is 0 Å². The maximum Gasteiger partial charge on any atom is 0.317 e. The van der Waals surface area contributed by atoms with Crippen LogP contribution in [0.5, 0.6) is 0 Å². The first-order valence-electron chi connectivity index (χ1n) is 10.9. The van der Waals surface area contributed by atoms with Crippen LogP contribution < -0.4 is 10.6 Å². The number of nitrogens with zero attached hydrogens (tertiary/aromatic N) is 5. The first-order valence-corrected chi connectivity index (χ1v) is 10.9. The van der Waals surface area contributed by atoms with Crippen LogP contribution in [0.2, 0.25) is 0 Å². The average molecular weight is 460 g/mol. The molecule has 0 radical (unpaired) electrons. The summed E-state index contributed by atoms with van der Waals surface area (Å²) in [4.78, 5) is 26.1. The Bertz CT molecular complexity index is 1170. The second kappa shape index (κ2) is 8.49. The molecule has 4 heterocycles. The maximum absolute atomic E-state index is 14.5. The highest BCUT2D eigenvalue weighted by Crippen LogP contribution is 2.28. The van der Waals surface area contributed by atoms with Gasteiger partial charge in [-0.05, 0) is 37.8 Å². The van der Waals surface area contributed by atoms with E-state index in [1.54, 1.807) is 12.3 Å². The molecule has 2 fully saturated rings. The van der Waals surface area contributed by atoms with Gasteiger partial charge in [-0.2, -0.15) is 5.10 Å². The van der Waals surface area contributed by atoms with Crippen LogP contribution in [0.3, 0.4) is 0 Å². The Morgan fingerprint density at radius 2 is 2.09 bits per heavy atom. The van der Waals surface area contributed by atoms with Crippen LogP contribution in [0.15, 0.2) is 24.5 Å². The first kappa shape index (κ1) is 21.4. The number of H-pyrrole nitrogens is 1. The van der Waals surface area contributed by atoms with Crippen LogP contribution in [0.25, 0.3) is 22.6 Å². The Morgan fingerprint density at radius 1 is 1.24 bits per heavy atom. The molecule has 3 aromatic heterocycles. The molecule has 33 heavy (non-hydrogen) atoms. The highest BCUT2D eigenvalue weighted by Gasteiger charge is 2.40. The molecule has 2 aliphatic rings. The number of carbonyl (C=O) groups excluding carboxylic acids is 1. The minimum atomic E-state index is -2.83. The van der Waals surface area contributed by atoms with E-state index < -0.39 is 24.3 Å². The Morgan fingerprint density at radius 3 is 2.91 bits per heavy atom. The molecule has 1 aliphatic heterocycles. The van der Waals surface area contributed by atoms with Crippen molar-refractivity contribution >= 4 is 22.9 Å². The lowest BCUT2D eigenvalue weighted by Gasteiger charge is -2.32. The number of anilines is 1. The molecular formula is C21H23F3N8O. The zero-order valence-electron chi connectivity index (χ0n) is 17.7. The van der Waals surface area contributed by atoms with Gasteiger partial charge in [0.05, 0.1) is 18.1 Å². The zero-order valence-corrected chi connectivity index (χ0v) is 17.7. The van der Waals surface area contributed by atoms with Crippen molar-refractivity contribution in [2.24, 2.45) is 0 Å². The Hall–Kier alpha value is -3.44. The number of carbonyl (C=O) groups is 1. The van der Waals surface area contributed by atoms with Gasteiger partial charge < -0.3 is 15.5 Å². The number of fused-ring (bicyclic) bond motifs is 1. The summed E-state index contributed by atoms with van der Waals surface area (Å²) >= 11 is 0. The van der Waals surface area contributed by atoms with E-state index in [9.17, 15) is 18.0 Å². The number of amides is 2. The number of aromatic amines is 1. The summed E-state index contributed by atoms with van der Waals surface area (Å²) in [6.45, 7) is -0.515. The monoisotopic (exact) mass is 460 g/mol. The van der Waals surface area contributed by atoms with Gasteiger partial charge in [0.2, 0.25) is 0 Å². The number of aromatic nitrogens is 5. The van der Waals surface area contributed by atoms with Crippen molar-refractivity contribution in [1.82, 2.24) is 35.4 Å². The molecule has 1 aliphatic carbocycles. The molecule has 0 spiro atoms. The largest absolute Gasteiger partial charge is 0.365 e. The molecule has 1 saturated heterocycles. The molecule has 12 heteroatoms. The van der Waals surface area contributed by atoms with Gasteiger partial charge in [0.25, 0.3) is 5.92 Å². The van der Waals surface area contributed by atoms with Crippen molar-refractivity contribution in [2.75, 3.05) is 18.4 Å². The van der Waals surface area contributed by atoms with E-state index in [0.717, 1.165) is 35.7 Å². The fourth-order valence-electron chi connectivity index (χ4n) is 4.43. The Balaban J connectivity index is 1.26. The van der Waals surface area contributed by atoms with Crippen LogP contribution in [0.1, 0.15) is 32.1 Å². The van der Waals surface area contributed by atoms with E-state index in [0.29, 0.717) is 17.8 Å². The number of nitrogens with one attached hydrogen (secondary N) is 3. The summed E-state index contributed by atoms with van der Waals surface area (Å²) < 4.78 is 41.3. The quantitative estimate of drug-likeness (QED) is 0.551. The highest BCUT2D eigenvalue weighted by molar-refractivity contribution is 5.88. The molecule has 2 atom stereocenters. The van der Waals surface area contributed by atoms with Crippen molar-refractivity contribution in [2.45, 2.75) is 50.1 Å². The van der Waals surface area contributed by atoms with Crippen LogP contribution in [0.4, 0.5) is 23.8 Å². The molecule has 1 unspecified atom stereocenters. The third-order valence-electron chi connectivity index (χ3n) is 6.09. The van der Waals surface area contributed by atoms with Crippen molar-refractivity contribution in [3.8, 4) is 11.5 Å². The second-order valence-electron chi connectivity index (χ2n) is 8.54. The third kappa shape index (κ3) is 4.55. The number of alkyl halides is 2. The van der Waals surface area contributed by atoms with Gasteiger partial charge >= 0.3 is 6.03 Å². The Kier molecular flexibility index (Phi) is 5.51. The standard InChI is InChI=1S/C21H23F3N8O/c22-15-10-26-19(16-14-5-2-7-25-17(14)31-30-16)29-18(15)27-12-3-1-4-13(9-12)28-20(33)32-8-6-21(23,24)11-32/h2,5,7,10,12-13H,1,3-4,6,8-9,11H2,(H,28,33)(H,25,30,31)(H,26,27,29)/t12?,13-/m1/s1. The fourth-order valence-corrected chi connectivity index (χ4v) is 4.43. The normalized spacial score (nSPS) is 22.5. The Labute approximate surface area is 187 Å². The number of urea groups is 1. The molecular weight excluding hydrogens is 437 g/mol. The lowest BCUT2D eigenvalue weighted by Crippen LogP contribution is -2.47. The molecule has 3 aromatic rings. The van der Waals surface area contributed by atoms with Gasteiger partial charge in [-0.1, -0.05) is 0 Å². The predicted octanol–water partition coefficient (Wildman–Crippen LogP) is 3.33. The van der Waals surface area contributed by atoms with Crippen LogP contribution in [-0.4, -0.2) is 67.2 Å². The number of hydrogen-bond donors (Lipinski definition) is 3. The van der Waals surface area contributed by atoms with Gasteiger partial charge in [0.1, 0.15) is 5.69 Å². The van der Waals surface area contributed by atoms with Crippen LogP contribution in [0, 0.1) is 5.82 Å². The van der Waals surface area contributed by atoms with Gasteiger partial charge in [-0.3, -0.25) is 5.10 Å². The van der Waals surface area contributed by atoms with E-state index in [2.05, 4.69) is 35.8 Å². The number of hydrogen-bond acceptors (Lipinski definition) is 6. The predicted molar refractivity (Wildman–Crippen MR) is 114 cm³/mol. The average Bonchev–Trinajstić information content (AvgIpc) is 3.39. The van der Waals surface area contributed by atoms with E-state index in [1.807, 2.05) is 6.07 Å². The van der Waals surface area contributed by atoms with Crippen LogP contribution in [-0.2, 0) is 0 Å². The summed E-state index contributed by atoms with van der Waals surface area (Å²) in [5.41, 5.74) is 1.05. The van der Waals surface area contributed by atoms with E-state index in [-0.39, 0.29) is 36.7 Å². The molecule has 2 amide bonds. The van der Waals surface area contributed by atoms with Gasteiger partial charge in [0, 0.05) is 31.2 Å². The molecule has 0 aromatic carbocycles. The summed E-state index contributed by atoms with van der Waals surface area (Å²) in [7, 11) is 0. The van der Waals surface area contributed by atoms with Gasteiger partial charge in [-0.25, -0.2) is 32.9 Å². The third-order valence-corrected chi connectivity index (χ3v) is 6.09.